The van der Waals surface area contributed by atoms with Gasteiger partial charge in [0.05, 0.1) is 6.61 Å². The first-order chi connectivity index (χ1) is 6.81. The molecule has 0 saturated heterocycles. The maximum atomic E-state index is 12.9. The molecular formula is C11H9FOS. The maximum absolute atomic E-state index is 12.9. The van der Waals surface area contributed by atoms with Crippen molar-refractivity contribution >= 4 is 11.3 Å². The zero-order chi connectivity index (χ0) is 9.97. The number of aliphatic hydroxyl groups excluding tert-OH is 1. The first kappa shape index (κ1) is 9.37. The second kappa shape index (κ2) is 3.90. The summed E-state index contributed by atoms with van der Waals surface area (Å²) in [6.07, 6.45) is 0. The average Bonchev–Trinajstić information content (AvgIpc) is 2.70. The summed E-state index contributed by atoms with van der Waals surface area (Å²) in [5, 5.41) is 13.0. The van der Waals surface area contributed by atoms with Crippen molar-refractivity contribution in [2.75, 3.05) is 0 Å². The Morgan fingerprint density at radius 1 is 1.29 bits per heavy atom. The third-order valence-corrected chi connectivity index (χ3v) is 2.75. The molecule has 2 rings (SSSR count). The molecule has 0 amide bonds. The van der Waals surface area contributed by atoms with E-state index in [0.29, 0.717) is 5.56 Å². The van der Waals surface area contributed by atoms with Crippen molar-refractivity contribution in [2.24, 2.45) is 0 Å². The molecule has 0 bridgehead atoms. The number of aliphatic hydroxyl groups is 1. The van der Waals surface area contributed by atoms with E-state index < -0.39 is 0 Å². The zero-order valence-corrected chi connectivity index (χ0v) is 8.22. The second-order valence-electron chi connectivity index (χ2n) is 2.97. The van der Waals surface area contributed by atoms with E-state index in [9.17, 15) is 4.39 Å². The molecule has 0 aliphatic rings. The van der Waals surface area contributed by atoms with Crippen molar-refractivity contribution in [1.82, 2.24) is 0 Å². The molecule has 0 fully saturated rings. The molecule has 2 aromatic rings. The van der Waals surface area contributed by atoms with E-state index in [2.05, 4.69) is 0 Å². The summed E-state index contributed by atoms with van der Waals surface area (Å²) in [5.74, 6) is -0.312. The summed E-state index contributed by atoms with van der Waals surface area (Å²) in [7, 11) is 0. The molecule has 1 aromatic heterocycles. The standard InChI is InChI=1S/C11H9FOS/c12-10-1-2-11(9(5-10)6-13)8-3-4-14-7-8/h1-5,7,13H,6H2. The van der Waals surface area contributed by atoms with Crippen LogP contribution in [0.15, 0.2) is 35.0 Å². The fourth-order valence-electron chi connectivity index (χ4n) is 1.39. The Balaban J connectivity index is 2.53. The van der Waals surface area contributed by atoms with Gasteiger partial charge in [0.1, 0.15) is 5.82 Å². The lowest BCUT2D eigenvalue weighted by Gasteiger charge is -2.04. The van der Waals surface area contributed by atoms with Crippen molar-refractivity contribution in [3.8, 4) is 11.1 Å². The number of rotatable bonds is 2. The van der Waals surface area contributed by atoms with E-state index in [1.54, 1.807) is 17.4 Å². The van der Waals surface area contributed by atoms with Crippen LogP contribution >= 0.6 is 11.3 Å². The minimum atomic E-state index is -0.312. The van der Waals surface area contributed by atoms with Crippen LogP contribution in [-0.4, -0.2) is 5.11 Å². The Hall–Kier alpha value is -1.19. The van der Waals surface area contributed by atoms with E-state index in [-0.39, 0.29) is 12.4 Å². The van der Waals surface area contributed by atoms with E-state index in [1.807, 2.05) is 16.8 Å². The molecule has 14 heavy (non-hydrogen) atoms. The molecule has 0 saturated carbocycles. The Morgan fingerprint density at radius 3 is 2.79 bits per heavy atom. The van der Waals surface area contributed by atoms with Gasteiger partial charge in [0.2, 0.25) is 0 Å². The summed E-state index contributed by atoms with van der Waals surface area (Å²) < 4.78 is 12.9. The fraction of sp³-hybridized carbons (Fsp3) is 0.0909. The van der Waals surface area contributed by atoms with E-state index >= 15 is 0 Å². The van der Waals surface area contributed by atoms with Gasteiger partial charge >= 0.3 is 0 Å². The molecule has 0 radical (unpaired) electrons. The number of halogens is 1. The Morgan fingerprint density at radius 2 is 2.14 bits per heavy atom. The monoisotopic (exact) mass is 208 g/mol. The molecule has 3 heteroatoms. The third-order valence-electron chi connectivity index (χ3n) is 2.07. The molecule has 1 heterocycles. The third kappa shape index (κ3) is 1.69. The summed E-state index contributed by atoms with van der Waals surface area (Å²) in [4.78, 5) is 0. The molecule has 1 aromatic carbocycles. The van der Waals surface area contributed by atoms with Crippen molar-refractivity contribution < 1.29 is 9.50 Å². The van der Waals surface area contributed by atoms with Gasteiger partial charge in [0.25, 0.3) is 0 Å². The zero-order valence-electron chi connectivity index (χ0n) is 7.40. The average molecular weight is 208 g/mol. The van der Waals surface area contributed by atoms with E-state index in [4.69, 9.17) is 5.11 Å². The second-order valence-corrected chi connectivity index (χ2v) is 3.75. The molecule has 1 N–H and O–H groups in total. The number of thiophene rings is 1. The van der Waals surface area contributed by atoms with Crippen LogP contribution in [0, 0.1) is 5.82 Å². The van der Waals surface area contributed by atoms with Crippen LogP contribution in [0.1, 0.15) is 5.56 Å². The molecule has 0 atom stereocenters. The number of hydrogen-bond donors (Lipinski definition) is 1. The van der Waals surface area contributed by atoms with E-state index in [0.717, 1.165) is 11.1 Å². The van der Waals surface area contributed by atoms with Crippen LogP contribution < -0.4 is 0 Å². The Labute approximate surface area is 85.5 Å². The predicted octanol–water partition coefficient (Wildman–Crippen LogP) is 3.05. The van der Waals surface area contributed by atoms with Gasteiger partial charge < -0.3 is 5.11 Å². The largest absolute Gasteiger partial charge is 0.392 e. The fourth-order valence-corrected chi connectivity index (χ4v) is 2.05. The molecule has 72 valence electrons. The summed E-state index contributed by atoms with van der Waals surface area (Å²) in [6.45, 7) is -0.136. The number of benzene rings is 1. The van der Waals surface area contributed by atoms with Gasteiger partial charge in [0, 0.05) is 0 Å². The number of hydrogen-bond acceptors (Lipinski definition) is 2. The van der Waals surface area contributed by atoms with Crippen LogP contribution in [0.3, 0.4) is 0 Å². The van der Waals surface area contributed by atoms with Crippen LogP contribution in [0.4, 0.5) is 4.39 Å². The predicted molar refractivity (Wildman–Crippen MR) is 55.6 cm³/mol. The normalized spacial score (nSPS) is 10.4. The minimum Gasteiger partial charge on any atom is -0.392 e. The van der Waals surface area contributed by atoms with Gasteiger partial charge in [-0.05, 0) is 45.6 Å². The topological polar surface area (TPSA) is 20.2 Å². The molecule has 0 aliphatic heterocycles. The van der Waals surface area contributed by atoms with Crippen molar-refractivity contribution in [2.45, 2.75) is 6.61 Å². The van der Waals surface area contributed by atoms with Gasteiger partial charge in [-0.3, -0.25) is 0 Å². The summed E-state index contributed by atoms with van der Waals surface area (Å²) in [6, 6.07) is 6.43. The molecular weight excluding hydrogens is 199 g/mol. The molecule has 0 unspecified atom stereocenters. The maximum Gasteiger partial charge on any atom is 0.123 e. The molecule has 0 spiro atoms. The van der Waals surface area contributed by atoms with Gasteiger partial charge in [-0.1, -0.05) is 6.07 Å². The van der Waals surface area contributed by atoms with Gasteiger partial charge in [-0.25, -0.2) is 4.39 Å². The molecule has 0 aliphatic carbocycles. The van der Waals surface area contributed by atoms with Gasteiger partial charge in [-0.15, -0.1) is 0 Å². The summed E-state index contributed by atoms with van der Waals surface area (Å²) >= 11 is 1.58. The Bertz CT molecular complexity index is 423. The lowest BCUT2D eigenvalue weighted by atomic mass is 10.0. The SMILES string of the molecule is OCc1cc(F)ccc1-c1ccsc1. The Kier molecular flexibility index (Phi) is 2.61. The highest BCUT2D eigenvalue weighted by Gasteiger charge is 2.05. The lowest BCUT2D eigenvalue weighted by Crippen LogP contribution is -1.89. The summed E-state index contributed by atoms with van der Waals surface area (Å²) in [5.41, 5.74) is 2.55. The van der Waals surface area contributed by atoms with Gasteiger partial charge in [0.15, 0.2) is 0 Å². The van der Waals surface area contributed by atoms with Crippen molar-refractivity contribution in [3.63, 3.8) is 0 Å². The van der Waals surface area contributed by atoms with Crippen molar-refractivity contribution in [1.29, 1.82) is 0 Å². The first-order valence-corrected chi connectivity index (χ1v) is 5.17. The van der Waals surface area contributed by atoms with Gasteiger partial charge in [-0.2, -0.15) is 11.3 Å². The van der Waals surface area contributed by atoms with Crippen molar-refractivity contribution in [3.05, 3.63) is 46.4 Å². The first-order valence-electron chi connectivity index (χ1n) is 4.23. The quantitative estimate of drug-likeness (QED) is 0.804. The highest BCUT2D eigenvalue weighted by molar-refractivity contribution is 7.08. The highest BCUT2D eigenvalue weighted by Crippen LogP contribution is 2.26. The smallest absolute Gasteiger partial charge is 0.123 e. The molecule has 1 nitrogen and oxygen atoms in total. The van der Waals surface area contributed by atoms with Crippen LogP contribution in [0.5, 0.6) is 0 Å². The van der Waals surface area contributed by atoms with E-state index in [1.165, 1.54) is 12.1 Å². The van der Waals surface area contributed by atoms with Crippen LogP contribution in [0.25, 0.3) is 11.1 Å². The highest BCUT2D eigenvalue weighted by atomic mass is 32.1. The minimum absolute atomic E-state index is 0.136. The van der Waals surface area contributed by atoms with Crippen LogP contribution in [0.2, 0.25) is 0 Å². The lowest BCUT2D eigenvalue weighted by molar-refractivity contribution is 0.282. The van der Waals surface area contributed by atoms with Crippen LogP contribution in [-0.2, 0) is 6.61 Å².